The Morgan fingerprint density at radius 3 is 2.44 bits per heavy atom. The van der Waals surface area contributed by atoms with Crippen LogP contribution in [0.4, 0.5) is 5.69 Å². The van der Waals surface area contributed by atoms with Gasteiger partial charge in [0.25, 0.3) is 0 Å². The molecule has 0 aliphatic rings. The summed E-state index contributed by atoms with van der Waals surface area (Å²) in [7, 11) is 0. The van der Waals surface area contributed by atoms with Crippen LogP contribution >= 0.6 is 0 Å². The largest absolute Gasteiger partial charge is 0.493 e. The number of benzene rings is 3. The molecule has 0 fully saturated rings. The van der Waals surface area contributed by atoms with Crippen molar-refractivity contribution in [2.45, 2.75) is 13.5 Å². The van der Waals surface area contributed by atoms with E-state index in [9.17, 15) is 9.59 Å². The zero-order chi connectivity index (χ0) is 23.1. The molecule has 4 rings (SSSR count). The lowest BCUT2D eigenvalue weighted by molar-refractivity contribution is 0.0695. The van der Waals surface area contributed by atoms with Crippen LogP contribution in [-0.4, -0.2) is 22.7 Å². The van der Waals surface area contributed by atoms with Gasteiger partial charge in [-0.15, -0.1) is 0 Å². The van der Waals surface area contributed by atoms with Gasteiger partial charge < -0.3 is 26.3 Å². The summed E-state index contributed by atoms with van der Waals surface area (Å²) in [6.45, 7) is 3.10. The predicted molar refractivity (Wildman–Crippen MR) is 127 cm³/mol. The highest BCUT2D eigenvalue weighted by molar-refractivity contribution is 5.92. The van der Waals surface area contributed by atoms with Gasteiger partial charge in [-0.3, -0.25) is 4.79 Å². The topological polar surface area (TPSA) is 131 Å². The molecule has 164 valence electrons. The number of carboxylic acid groups (broad SMARTS) is 1. The number of hydrogen-bond acceptors (Lipinski definition) is 5. The minimum Gasteiger partial charge on any atom is -0.493 e. The fraction of sp³-hybridized carbons (Fsp3) is 0.120. The number of carbonyl (C=O) groups is 1. The van der Waals surface area contributed by atoms with E-state index in [4.69, 9.17) is 21.3 Å². The molecule has 0 unspecified atom stereocenters. The number of carboxylic acids is 1. The number of anilines is 1. The second-order valence-corrected chi connectivity index (χ2v) is 6.94. The Bertz CT molecular complexity index is 1300. The van der Waals surface area contributed by atoms with Gasteiger partial charge in [0.2, 0.25) is 5.43 Å². The minimum atomic E-state index is -1.21. The number of fused-ring (bicyclic) bond motifs is 1. The summed E-state index contributed by atoms with van der Waals surface area (Å²) in [5.41, 5.74) is 15.4. The molecule has 3 aromatic carbocycles. The van der Waals surface area contributed by atoms with E-state index in [1.807, 2.05) is 49.4 Å². The molecule has 0 radical (unpaired) electrons. The van der Waals surface area contributed by atoms with Crippen LogP contribution in [0.5, 0.6) is 5.75 Å². The number of nitrogens with two attached hydrogens (primary N) is 2. The number of para-hydroxylation sites is 2. The Morgan fingerprint density at radius 1 is 1.03 bits per heavy atom. The summed E-state index contributed by atoms with van der Waals surface area (Å²) >= 11 is 0. The molecule has 32 heavy (non-hydrogen) atoms. The quantitative estimate of drug-likeness (QED) is 0.353. The average molecular weight is 431 g/mol. The Balaban J connectivity index is 0.000000186. The first-order chi connectivity index (χ1) is 15.5. The van der Waals surface area contributed by atoms with Crippen molar-refractivity contribution >= 4 is 22.6 Å². The summed E-state index contributed by atoms with van der Waals surface area (Å²) in [4.78, 5) is 25.0. The summed E-state index contributed by atoms with van der Waals surface area (Å²) < 4.78 is 5.62. The number of hydrogen-bond donors (Lipinski definition) is 4. The highest BCUT2D eigenvalue weighted by atomic mass is 16.5. The lowest BCUT2D eigenvalue weighted by Crippen LogP contribution is -2.14. The Morgan fingerprint density at radius 2 is 1.75 bits per heavy atom. The SMILES string of the molecule is CCOc1ccccc1-c1ccc(CN)cc1N.O=C(O)c1c[nH]c2ccccc2c1=O. The first-order valence-electron chi connectivity index (χ1n) is 10.1. The van der Waals surface area contributed by atoms with Crippen molar-refractivity contribution in [2.75, 3.05) is 12.3 Å². The molecule has 0 saturated carbocycles. The third-order valence-corrected chi connectivity index (χ3v) is 4.85. The number of aromatic amines is 1. The first kappa shape index (κ1) is 22.6. The number of ether oxygens (including phenoxy) is 1. The number of nitrogen functional groups attached to an aromatic ring is 1. The minimum absolute atomic E-state index is 0.233. The van der Waals surface area contributed by atoms with Crippen LogP contribution in [0.1, 0.15) is 22.8 Å². The van der Waals surface area contributed by atoms with Gasteiger partial charge >= 0.3 is 5.97 Å². The maximum Gasteiger partial charge on any atom is 0.341 e. The van der Waals surface area contributed by atoms with E-state index in [2.05, 4.69) is 4.98 Å². The van der Waals surface area contributed by atoms with Crippen LogP contribution in [0.25, 0.3) is 22.0 Å². The fourth-order valence-corrected chi connectivity index (χ4v) is 3.28. The Hall–Kier alpha value is -4.10. The number of rotatable bonds is 5. The van der Waals surface area contributed by atoms with Gasteiger partial charge in [0.15, 0.2) is 0 Å². The van der Waals surface area contributed by atoms with Crippen LogP contribution < -0.4 is 21.6 Å². The summed E-state index contributed by atoms with van der Waals surface area (Å²) in [6.07, 6.45) is 1.22. The van der Waals surface area contributed by atoms with Crippen LogP contribution in [-0.2, 0) is 6.54 Å². The van der Waals surface area contributed by atoms with E-state index in [-0.39, 0.29) is 5.56 Å². The lowest BCUT2D eigenvalue weighted by atomic mass is 10.0. The summed E-state index contributed by atoms with van der Waals surface area (Å²) in [5.74, 6) is -0.357. The van der Waals surface area contributed by atoms with Crippen LogP contribution in [0.15, 0.2) is 77.7 Å². The van der Waals surface area contributed by atoms with E-state index in [0.717, 1.165) is 28.1 Å². The van der Waals surface area contributed by atoms with E-state index in [1.54, 1.807) is 24.3 Å². The van der Waals surface area contributed by atoms with Crippen LogP contribution in [0, 0.1) is 0 Å². The van der Waals surface area contributed by atoms with Crippen molar-refractivity contribution in [3.63, 3.8) is 0 Å². The van der Waals surface area contributed by atoms with Crippen molar-refractivity contribution in [3.8, 4) is 16.9 Å². The number of nitrogens with one attached hydrogen (secondary N) is 1. The van der Waals surface area contributed by atoms with Gasteiger partial charge in [0, 0.05) is 40.5 Å². The molecule has 0 aliphatic carbocycles. The second kappa shape index (κ2) is 10.3. The third-order valence-electron chi connectivity index (χ3n) is 4.85. The molecular weight excluding hydrogens is 406 g/mol. The van der Waals surface area contributed by atoms with E-state index >= 15 is 0 Å². The third kappa shape index (κ3) is 4.96. The second-order valence-electron chi connectivity index (χ2n) is 6.94. The van der Waals surface area contributed by atoms with E-state index in [1.165, 1.54) is 6.20 Å². The smallest absolute Gasteiger partial charge is 0.341 e. The van der Waals surface area contributed by atoms with Gasteiger partial charge in [-0.2, -0.15) is 0 Å². The van der Waals surface area contributed by atoms with E-state index in [0.29, 0.717) is 24.1 Å². The fourth-order valence-electron chi connectivity index (χ4n) is 3.28. The van der Waals surface area contributed by atoms with Gasteiger partial charge in [-0.05, 0) is 36.8 Å². The van der Waals surface area contributed by atoms with E-state index < -0.39 is 11.4 Å². The molecule has 7 heteroatoms. The molecule has 0 atom stereocenters. The summed E-state index contributed by atoms with van der Waals surface area (Å²) in [6, 6.07) is 20.6. The molecule has 0 saturated heterocycles. The molecule has 1 heterocycles. The number of H-pyrrole nitrogens is 1. The zero-order valence-electron chi connectivity index (χ0n) is 17.7. The standard InChI is InChI=1S/C15H18N2O.C10H7NO3/c1-2-18-15-6-4-3-5-13(15)12-8-7-11(10-16)9-14(12)17;12-9-6-3-1-2-4-8(6)11-5-7(9)10(13)14/h3-9H,2,10,16-17H2,1H3;1-5H,(H,11,12)(H,13,14). The molecule has 1 aromatic heterocycles. The van der Waals surface area contributed by atoms with Gasteiger partial charge in [0.1, 0.15) is 11.3 Å². The highest BCUT2D eigenvalue weighted by Crippen LogP contribution is 2.34. The van der Waals surface area contributed by atoms with Gasteiger partial charge in [-0.25, -0.2) is 4.79 Å². The Labute approximate surface area is 185 Å². The monoisotopic (exact) mass is 431 g/mol. The highest BCUT2D eigenvalue weighted by Gasteiger charge is 2.10. The molecule has 6 N–H and O–H groups in total. The van der Waals surface area contributed by atoms with Gasteiger partial charge in [-0.1, -0.05) is 42.5 Å². The van der Waals surface area contributed by atoms with Crippen LogP contribution in [0.2, 0.25) is 0 Å². The molecule has 7 nitrogen and oxygen atoms in total. The molecule has 0 bridgehead atoms. The van der Waals surface area contributed by atoms with Gasteiger partial charge in [0.05, 0.1) is 6.61 Å². The van der Waals surface area contributed by atoms with Crippen LogP contribution in [0.3, 0.4) is 0 Å². The molecule has 0 aliphatic heterocycles. The predicted octanol–water partition coefficient (Wildman–Crippen LogP) is 4.02. The zero-order valence-corrected chi connectivity index (χ0v) is 17.7. The Kier molecular flexibility index (Phi) is 7.25. The molecule has 0 spiro atoms. The molecular formula is C25H25N3O4. The van der Waals surface area contributed by atoms with Crippen molar-refractivity contribution in [2.24, 2.45) is 5.73 Å². The lowest BCUT2D eigenvalue weighted by Gasteiger charge is -2.12. The first-order valence-corrected chi connectivity index (χ1v) is 10.1. The number of aromatic carboxylic acids is 1. The van der Waals surface area contributed by atoms with Crippen molar-refractivity contribution in [3.05, 3.63) is 94.3 Å². The maximum atomic E-state index is 11.6. The van der Waals surface area contributed by atoms with Crippen molar-refractivity contribution < 1.29 is 14.6 Å². The van der Waals surface area contributed by atoms with Crippen molar-refractivity contribution in [1.29, 1.82) is 0 Å². The average Bonchev–Trinajstić information content (AvgIpc) is 2.80. The normalized spacial score (nSPS) is 10.3. The maximum absolute atomic E-state index is 11.6. The molecule has 4 aromatic rings. The number of pyridine rings is 1. The van der Waals surface area contributed by atoms with Crippen molar-refractivity contribution in [1.82, 2.24) is 4.98 Å². The summed E-state index contributed by atoms with van der Waals surface area (Å²) in [5, 5.41) is 9.10. The number of aromatic nitrogens is 1. The molecule has 0 amide bonds.